The molecule has 2 aromatic heterocycles. The quantitative estimate of drug-likeness (QED) is 0.297. The van der Waals surface area contributed by atoms with Crippen molar-refractivity contribution in [1.29, 1.82) is 0 Å². The van der Waals surface area contributed by atoms with Crippen LogP contribution in [0.5, 0.6) is 0 Å². The number of thioether (sulfide) groups is 1. The lowest BCUT2D eigenvalue weighted by Gasteiger charge is -2.13. The molecule has 0 aliphatic rings. The third-order valence-corrected chi connectivity index (χ3v) is 6.47. The Labute approximate surface area is 172 Å². The fourth-order valence-electron chi connectivity index (χ4n) is 2.78. The summed E-state index contributed by atoms with van der Waals surface area (Å²) >= 11 is 8.59. The molecule has 0 bridgehead atoms. The lowest BCUT2D eigenvalue weighted by atomic mass is 10.2. The summed E-state index contributed by atoms with van der Waals surface area (Å²) in [5, 5.41) is 2.49. The minimum Gasteiger partial charge on any atom is -0.282 e. The number of thiophene rings is 1. The number of halogens is 3. The van der Waals surface area contributed by atoms with Crippen LogP contribution in [-0.4, -0.2) is 9.55 Å². The first kappa shape index (κ1) is 19.1. The van der Waals surface area contributed by atoms with Gasteiger partial charge >= 0.3 is 0 Å². The van der Waals surface area contributed by atoms with E-state index in [1.807, 2.05) is 0 Å². The molecule has 2 aromatic carbocycles. The summed E-state index contributed by atoms with van der Waals surface area (Å²) in [6, 6.07) is 12.5. The number of fused-ring (bicyclic) bond motifs is 1. The van der Waals surface area contributed by atoms with Gasteiger partial charge in [0.15, 0.2) is 5.16 Å². The maximum Gasteiger partial charge on any atom is 0.272 e. The molecule has 0 fully saturated rings. The van der Waals surface area contributed by atoms with Gasteiger partial charge in [-0.2, -0.15) is 0 Å². The molecular formula is C20H13ClF2N2OS2. The Kier molecular flexibility index (Phi) is 5.48. The number of hydrogen-bond acceptors (Lipinski definition) is 4. The summed E-state index contributed by atoms with van der Waals surface area (Å²) < 4.78 is 30.2. The van der Waals surface area contributed by atoms with Gasteiger partial charge in [0, 0.05) is 21.9 Å². The molecule has 2 heterocycles. The molecule has 4 aromatic rings. The molecule has 142 valence electrons. The van der Waals surface area contributed by atoms with Crippen molar-refractivity contribution in [3.05, 3.63) is 92.0 Å². The molecule has 0 aliphatic heterocycles. The van der Waals surface area contributed by atoms with Crippen molar-refractivity contribution in [1.82, 2.24) is 9.55 Å². The molecule has 4 rings (SSSR count). The molecule has 0 amide bonds. The van der Waals surface area contributed by atoms with E-state index in [0.29, 0.717) is 31.5 Å². The highest BCUT2D eigenvalue weighted by molar-refractivity contribution is 7.98. The Morgan fingerprint density at radius 3 is 2.64 bits per heavy atom. The second kappa shape index (κ2) is 8.03. The average molecular weight is 435 g/mol. The van der Waals surface area contributed by atoms with Crippen LogP contribution in [0.1, 0.15) is 11.1 Å². The molecule has 3 nitrogen and oxygen atoms in total. The van der Waals surface area contributed by atoms with E-state index >= 15 is 0 Å². The van der Waals surface area contributed by atoms with Crippen molar-refractivity contribution in [2.75, 3.05) is 0 Å². The molecular weight excluding hydrogens is 422 g/mol. The maximum absolute atomic E-state index is 14.1. The lowest BCUT2D eigenvalue weighted by molar-refractivity contribution is 0.579. The molecule has 0 radical (unpaired) electrons. The van der Waals surface area contributed by atoms with E-state index in [-0.39, 0.29) is 17.9 Å². The van der Waals surface area contributed by atoms with Gasteiger partial charge in [-0.25, -0.2) is 13.8 Å². The maximum atomic E-state index is 14.1. The standard InChI is InChI=1S/C20H13ClF2N2OS2/c21-14-5-3-7-16(23)13(14)11-28-20-24-17-8-9-27-18(17)19(26)25(20)10-12-4-1-2-6-15(12)22/h1-9H,10-11H2. The van der Waals surface area contributed by atoms with E-state index < -0.39 is 11.6 Å². The zero-order valence-corrected chi connectivity index (χ0v) is 16.8. The molecule has 0 aliphatic carbocycles. The first-order chi connectivity index (χ1) is 13.5. The Morgan fingerprint density at radius 1 is 1.07 bits per heavy atom. The van der Waals surface area contributed by atoms with Gasteiger partial charge in [0.05, 0.1) is 12.1 Å². The van der Waals surface area contributed by atoms with Crippen LogP contribution >= 0.6 is 34.7 Å². The van der Waals surface area contributed by atoms with Crippen molar-refractivity contribution in [3.63, 3.8) is 0 Å². The topological polar surface area (TPSA) is 34.9 Å². The van der Waals surface area contributed by atoms with Gasteiger partial charge in [0.1, 0.15) is 16.3 Å². The van der Waals surface area contributed by atoms with Crippen LogP contribution < -0.4 is 5.56 Å². The largest absolute Gasteiger partial charge is 0.282 e. The molecule has 0 unspecified atom stereocenters. The SMILES string of the molecule is O=c1c2sccc2nc(SCc2c(F)cccc2Cl)n1Cc1ccccc1F. The van der Waals surface area contributed by atoms with Crippen LogP contribution in [0.25, 0.3) is 10.2 Å². The van der Waals surface area contributed by atoms with Gasteiger partial charge in [-0.1, -0.05) is 47.6 Å². The molecule has 0 saturated carbocycles. The van der Waals surface area contributed by atoms with Crippen molar-refractivity contribution in [2.24, 2.45) is 0 Å². The Balaban J connectivity index is 1.76. The van der Waals surface area contributed by atoms with Crippen LogP contribution in [0, 0.1) is 11.6 Å². The van der Waals surface area contributed by atoms with Gasteiger partial charge in [0.25, 0.3) is 5.56 Å². The number of nitrogens with zero attached hydrogens (tertiary/aromatic N) is 2. The van der Waals surface area contributed by atoms with Crippen LogP contribution in [-0.2, 0) is 12.3 Å². The first-order valence-electron chi connectivity index (χ1n) is 8.31. The summed E-state index contributed by atoms with van der Waals surface area (Å²) in [5.41, 5.74) is 1.05. The van der Waals surface area contributed by atoms with Crippen LogP contribution in [0.3, 0.4) is 0 Å². The summed E-state index contributed by atoms with van der Waals surface area (Å²) in [6.07, 6.45) is 0. The number of hydrogen-bond donors (Lipinski definition) is 0. The highest BCUT2D eigenvalue weighted by Gasteiger charge is 2.16. The normalized spacial score (nSPS) is 11.2. The second-order valence-corrected chi connectivity index (χ2v) is 8.27. The summed E-state index contributed by atoms with van der Waals surface area (Å²) in [7, 11) is 0. The molecule has 8 heteroatoms. The second-order valence-electron chi connectivity index (χ2n) is 6.00. The summed E-state index contributed by atoms with van der Waals surface area (Å²) in [5.74, 6) is -0.612. The van der Waals surface area contributed by atoms with E-state index in [1.54, 1.807) is 35.7 Å². The van der Waals surface area contributed by atoms with E-state index in [0.717, 1.165) is 0 Å². The molecule has 0 spiro atoms. The van der Waals surface area contributed by atoms with Crippen LogP contribution in [0.15, 0.2) is 63.9 Å². The minimum atomic E-state index is -0.417. The number of rotatable bonds is 5. The van der Waals surface area contributed by atoms with Gasteiger partial charge < -0.3 is 0 Å². The monoisotopic (exact) mass is 434 g/mol. The zero-order chi connectivity index (χ0) is 19.7. The predicted molar refractivity (Wildman–Crippen MR) is 110 cm³/mol. The van der Waals surface area contributed by atoms with Gasteiger partial charge in [-0.05, 0) is 29.6 Å². The highest BCUT2D eigenvalue weighted by atomic mass is 35.5. The number of benzene rings is 2. The van der Waals surface area contributed by atoms with E-state index in [2.05, 4.69) is 4.98 Å². The molecule has 28 heavy (non-hydrogen) atoms. The molecule has 0 saturated heterocycles. The third kappa shape index (κ3) is 3.70. The zero-order valence-electron chi connectivity index (χ0n) is 14.4. The Morgan fingerprint density at radius 2 is 1.86 bits per heavy atom. The van der Waals surface area contributed by atoms with Crippen molar-refractivity contribution >= 4 is 44.9 Å². The van der Waals surface area contributed by atoms with E-state index in [9.17, 15) is 13.6 Å². The summed E-state index contributed by atoms with van der Waals surface area (Å²) in [4.78, 5) is 17.5. The average Bonchev–Trinajstić information content (AvgIpc) is 3.14. The van der Waals surface area contributed by atoms with Crippen molar-refractivity contribution in [2.45, 2.75) is 17.5 Å². The first-order valence-corrected chi connectivity index (χ1v) is 10.6. The predicted octanol–water partition coefficient (Wildman–Crippen LogP) is 5.73. The van der Waals surface area contributed by atoms with Crippen LogP contribution in [0.2, 0.25) is 5.02 Å². The minimum absolute atomic E-state index is 0.0414. The van der Waals surface area contributed by atoms with E-state index in [4.69, 9.17) is 11.6 Å². The molecule has 0 atom stereocenters. The fourth-order valence-corrected chi connectivity index (χ4v) is 4.90. The van der Waals surface area contributed by atoms with Crippen molar-refractivity contribution in [3.8, 4) is 0 Å². The fraction of sp³-hybridized carbons (Fsp3) is 0.100. The third-order valence-electron chi connectivity index (χ3n) is 4.22. The van der Waals surface area contributed by atoms with Gasteiger partial charge in [0.2, 0.25) is 0 Å². The van der Waals surface area contributed by atoms with E-state index in [1.165, 1.54) is 45.9 Å². The Bertz CT molecular complexity index is 1200. The number of aromatic nitrogens is 2. The Hall–Kier alpha value is -2.22. The van der Waals surface area contributed by atoms with Crippen molar-refractivity contribution < 1.29 is 8.78 Å². The van der Waals surface area contributed by atoms with Gasteiger partial charge in [-0.3, -0.25) is 9.36 Å². The highest BCUT2D eigenvalue weighted by Crippen LogP contribution is 2.29. The van der Waals surface area contributed by atoms with Crippen LogP contribution in [0.4, 0.5) is 8.78 Å². The summed E-state index contributed by atoms with van der Waals surface area (Å²) in [6.45, 7) is 0.0414. The smallest absolute Gasteiger partial charge is 0.272 e. The van der Waals surface area contributed by atoms with Gasteiger partial charge in [-0.15, -0.1) is 11.3 Å². The lowest BCUT2D eigenvalue weighted by Crippen LogP contribution is -2.23. The molecule has 0 N–H and O–H groups in total.